The average Bonchev–Trinajstić information content (AvgIpc) is 2.79. The number of alkyl halides is 3. The van der Waals surface area contributed by atoms with E-state index in [1.807, 2.05) is 31.2 Å². The van der Waals surface area contributed by atoms with E-state index >= 15 is 0 Å². The molecular formula is C24H30F3N3O4S. The molecule has 0 saturated heterocycles. The van der Waals surface area contributed by atoms with Crippen LogP contribution in [-0.2, 0) is 32.3 Å². The van der Waals surface area contributed by atoms with Crippen LogP contribution in [0.2, 0.25) is 0 Å². The Labute approximate surface area is 204 Å². The molecule has 11 heteroatoms. The van der Waals surface area contributed by atoms with E-state index in [2.05, 4.69) is 5.32 Å². The van der Waals surface area contributed by atoms with Crippen molar-refractivity contribution in [2.45, 2.75) is 45.5 Å². The van der Waals surface area contributed by atoms with E-state index in [0.717, 1.165) is 39.9 Å². The number of aryl methyl sites for hydroxylation is 1. The Morgan fingerprint density at radius 2 is 1.71 bits per heavy atom. The van der Waals surface area contributed by atoms with E-state index in [1.54, 1.807) is 6.92 Å². The predicted octanol–water partition coefficient (Wildman–Crippen LogP) is 3.72. The number of amides is 2. The summed E-state index contributed by atoms with van der Waals surface area (Å²) in [7, 11) is -2.44. The number of likely N-dealkylation sites (N-methyl/N-ethyl adjacent to an activating group) is 1. The van der Waals surface area contributed by atoms with Crippen LogP contribution in [-0.4, -0.2) is 51.0 Å². The Bertz CT molecular complexity index is 1140. The number of halogens is 3. The van der Waals surface area contributed by atoms with Crippen molar-refractivity contribution in [3.8, 4) is 0 Å². The maximum atomic E-state index is 13.1. The largest absolute Gasteiger partial charge is 0.416 e. The number of sulfonamides is 1. The van der Waals surface area contributed by atoms with Crippen LogP contribution in [0.4, 0.5) is 18.9 Å². The molecule has 2 aromatic carbocycles. The molecule has 0 bridgehead atoms. The molecule has 2 rings (SSSR count). The molecule has 7 nitrogen and oxygen atoms in total. The second-order valence-corrected chi connectivity index (χ2v) is 10.2. The fourth-order valence-electron chi connectivity index (χ4n) is 3.52. The second kappa shape index (κ2) is 11.6. The summed E-state index contributed by atoms with van der Waals surface area (Å²) in [5, 5.41) is 2.52. The van der Waals surface area contributed by atoms with Crippen molar-refractivity contribution in [2.24, 2.45) is 0 Å². The number of benzene rings is 2. The Balaban J connectivity index is 2.18. The first kappa shape index (κ1) is 28.2. The van der Waals surface area contributed by atoms with Gasteiger partial charge in [0.2, 0.25) is 21.8 Å². The molecule has 2 aromatic rings. The maximum absolute atomic E-state index is 13.1. The number of nitrogens with zero attached hydrogens (tertiary/aromatic N) is 2. The minimum Gasteiger partial charge on any atom is -0.357 e. The van der Waals surface area contributed by atoms with Gasteiger partial charge >= 0.3 is 6.18 Å². The number of carbonyl (C=O) groups excluding carboxylic acids is 2. The molecular weight excluding hydrogens is 483 g/mol. The lowest BCUT2D eigenvalue weighted by Gasteiger charge is -2.29. The zero-order valence-corrected chi connectivity index (χ0v) is 20.9. The summed E-state index contributed by atoms with van der Waals surface area (Å²) in [6, 6.07) is 10.7. The van der Waals surface area contributed by atoms with Crippen LogP contribution in [0.1, 0.15) is 36.5 Å². The second-order valence-electron chi connectivity index (χ2n) is 8.28. The van der Waals surface area contributed by atoms with E-state index < -0.39 is 27.8 Å². The van der Waals surface area contributed by atoms with Crippen LogP contribution in [0.25, 0.3) is 0 Å². The zero-order valence-electron chi connectivity index (χ0n) is 20.1. The van der Waals surface area contributed by atoms with Crippen LogP contribution in [0.15, 0.2) is 48.5 Å². The van der Waals surface area contributed by atoms with Crippen LogP contribution in [0.5, 0.6) is 0 Å². The summed E-state index contributed by atoms with van der Waals surface area (Å²) < 4.78 is 64.7. The fourth-order valence-corrected chi connectivity index (χ4v) is 4.48. The first-order valence-electron chi connectivity index (χ1n) is 11.0. The Morgan fingerprint density at radius 3 is 2.26 bits per heavy atom. The number of anilines is 1. The number of hydrogen-bond donors (Lipinski definition) is 1. The first-order valence-corrected chi connectivity index (χ1v) is 12.8. The van der Waals surface area contributed by atoms with Gasteiger partial charge in [-0.25, -0.2) is 8.42 Å². The summed E-state index contributed by atoms with van der Waals surface area (Å²) in [5.74, 6) is -0.730. The highest BCUT2D eigenvalue weighted by Crippen LogP contribution is 2.32. The minimum atomic E-state index is -4.62. The molecule has 0 radical (unpaired) electrons. The molecule has 0 fully saturated rings. The van der Waals surface area contributed by atoms with Gasteiger partial charge in [-0.2, -0.15) is 13.2 Å². The van der Waals surface area contributed by atoms with Gasteiger partial charge in [0.15, 0.2) is 0 Å². The molecule has 0 aliphatic heterocycles. The first-order chi connectivity index (χ1) is 16.2. The van der Waals surface area contributed by atoms with Crippen molar-refractivity contribution in [2.75, 3.05) is 24.2 Å². The van der Waals surface area contributed by atoms with Gasteiger partial charge in [-0.3, -0.25) is 13.9 Å². The van der Waals surface area contributed by atoms with Gasteiger partial charge in [-0.05, 0) is 44.0 Å². The predicted molar refractivity (Wildman–Crippen MR) is 128 cm³/mol. The summed E-state index contributed by atoms with van der Waals surface area (Å²) in [5.41, 5.74) is 0.760. The van der Waals surface area contributed by atoms with Crippen molar-refractivity contribution in [1.29, 1.82) is 0 Å². The molecule has 0 saturated carbocycles. The van der Waals surface area contributed by atoms with Crippen LogP contribution in [0.3, 0.4) is 0 Å². The van der Waals surface area contributed by atoms with Crippen LogP contribution >= 0.6 is 0 Å². The highest BCUT2D eigenvalue weighted by Gasteiger charge is 2.32. The molecule has 1 atom stereocenters. The van der Waals surface area contributed by atoms with Gasteiger partial charge in [0, 0.05) is 26.6 Å². The standard InChI is InChI=1S/C24H30F3N3O4S/c1-17-10-12-19(13-11-17)16-29(18(2)23(32)28-3)22(31)9-6-14-30(35(4,33)34)21-8-5-7-20(15-21)24(25,26)27/h5,7-8,10-13,15,18H,6,9,14,16H2,1-4H3,(H,28,32)/t18-/m0/s1. The number of nitrogens with one attached hydrogen (secondary N) is 1. The molecule has 1 N–H and O–H groups in total. The van der Waals surface area contributed by atoms with Gasteiger partial charge in [0.25, 0.3) is 0 Å². The highest BCUT2D eigenvalue weighted by molar-refractivity contribution is 7.92. The number of hydrogen-bond acceptors (Lipinski definition) is 4. The summed E-state index contributed by atoms with van der Waals surface area (Å²) >= 11 is 0. The van der Waals surface area contributed by atoms with Crippen molar-refractivity contribution >= 4 is 27.5 Å². The van der Waals surface area contributed by atoms with Gasteiger partial charge in [-0.1, -0.05) is 35.9 Å². The van der Waals surface area contributed by atoms with Gasteiger partial charge in [0.05, 0.1) is 17.5 Å². The number of rotatable bonds is 10. The molecule has 35 heavy (non-hydrogen) atoms. The van der Waals surface area contributed by atoms with Crippen molar-refractivity contribution in [1.82, 2.24) is 10.2 Å². The Morgan fingerprint density at radius 1 is 1.09 bits per heavy atom. The SMILES string of the molecule is CNC(=O)[C@H](C)N(Cc1ccc(C)cc1)C(=O)CCCN(c1cccc(C(F)(F)F)c1)S(C)(=O)=O. The van der Waals surface area contributed by atoms with Gasteiger partial charge in [-0.15, -0.1) is 0 Å². The lowest BCUT2D eigenvalue weighted by atomic mass is 10.1. The molecule has 2 amide bonds. The third-order valence-electron chi connectivity index (χ3n) is 5.50. The van der Waals surface area contributed by atoms with Gasteiger partial charge in [0.1, 0.15) is 6.04 Å². The smallest absolute Gasteiger partial charge is 0.357 e. The average molecular weight is 514 g/mol. The van der Waals surface area contributed by atoms with E-state index in [-0.39, 0.29) is 43.4 Å². The molecule has 0 aromatic heterocycles. The van der Waals surface area contributed by atoms with Crippen LogP contribution < -0.4 is 9.62 Å². The summed E-state index contributed by atoms with van der Waals surface area (Å²) in [6.45, 7) is 3.50. The molecule has 192 valence electrons. The van der Waals surface area contributed by atoms with Crippen molar-refractivity contribution < 1.29 is 31.2 Å². The third-order valence-corrected chi connectivity index (χ3v) is 6.69. The lowest BCUT2D eigenvalue weighted by molar-refractivity contribution is -0.140. The lowest BCUT2D eigenvalue weighted by Crippen LogP contribution is -2.46. The molecule has 0 heterocycles. The zero-order chi connectivity index (χ0) is 26.4. The Kier molecular flexibility index (Phi) is 9.31. The molecule has 0 unspecified atom stereocenters. The Hall–Kier alpha value is -3.08. The maximum Gasteiger partial charge on any atom is 0.416 e. The topological polar surface area (TPSA) is 86.8 Å². The van der Waals surface area contributed by atoms with Crippen molar-refractivity contribution in [3.05, 3.63) is 65.2 Å². The van der Waals surface area contributed by atoms with E-state index in [1.165, 1.54) is 18.0 Å². The number of carbonyl (C=O) groups is 2. The van der Waals surface area contributed by atoms with E-state index in [9.17, 15) is 31.2 Å². The molecule has 0 aliphatic carbocycles. The molecule has 0 spiro atoms. The van der Waals surface area contributed by atoms with Crippen LogP contribution in [0, 0.1) is 6.92 Å². The normalized spacial score (nSPS) is 12.7. The highest BCUT2D eigenvalue weighted by atomic mass is 32.2. The van der Waals surface area contributed by atoms with E-state index in [0.29, 0.717) is 0 Å². The van der Waals surface area contributed by atoms with Gasteiger partial charge < -0.3 is 10.2 Å². The summed E-state index contributed by atoms with van der Waals surface area (Å²) in [4.78, 5) is 26.7. The third kappa shape index (κ3) is 7.98. The monoisotopic (exact) mass is 513 g/mol. The molecule has 0 aliphatic rings. The minimum absolute atomic E-state index is 0.0486. The van der Waals surface area contributed by atoms with Crippen molar-refractivity contribution in [3.63, 3.8) is 0 Å². The quantitative estimate of drug-likeness (QED) is 0.525. The summed E-state index contributed by atoms with van der Waals surface area (Å²) in [6.07, 6.45) is -3.78. The van der Waals surface area contributed by atoms with E-state index in [4.69, 9.17) is 0 Å². The fraction of sp³-hybridized carbons (Fsp3) is 0.417.